The molecule has 1 aromatic heterocycles. The summed E-state index contributed by atoms with van der Waals surface area (Å²) >= 11 is 11.9. The highest BCUT2D eigenvalue weighted by Crippen LogP contribution is 2.26. The minimum atomic E-state index is -0.717. The van der Waals surface area contributed by atoms with Crippen molar-refractivity contribution in [2.45, 2.75) is 6.92 Å². The number of rotatable bonds is 6. The number of nitrogens with one attached hydrogen (secondary N) is 1. The molecule has 1 heterocycles. The van der Waals surface area contributed by atoms with E-state index in [0.717, 1.165) is 0 Å². The standard InChI is InChI=1S/C17H16Cl2N2O5/c1-9-12(18)7-13(19)16(20-9)21-15(22)8-26-17(23)11-5-4-10(24-2)6-14(11)25-3/h4-7H,8H2,1-3H3,(H,20,21,22). The maximum absolute atomic E-state index is 12.2. The van der Waals surface area contributed by atoms with Crippen molar-refractivity contribution >= 4 is 40.9 Å². The number of pyridine rings is 1. The molecule has 1 amide bonds. The summed E-state index contributed by atoms with van der Waals surface area (Å²) in [5, 5.41) is 3.02. The van der Waals surface area contributed by atoms with Crippen LogP contribution in [-0.2, 0) is 9.53 Å². The molecule has 1 aromatic carbocycles. The fourth-order valence-corrected chi connectivity index (χ4v) is 2.40. The zero-order valence-electron chi connectivity index (χ0n) is 14.3. The number of esters is 1. The SMILES string of the molecule is COc1ccc(C(=O)OCC(=O)Nc2nc(C)c(Cl)cc2Cl)c(OC)c1. The monoisotopic (exact) mass is 398 g/mol. The fourth-order valence-electron chi connectivity index (χ4n) is 1.99. The first-order valence-corrected chi connectivity index (χ1v) is 8.13. The van der Waals surface area contributed by atoms with Gasteiger partial charge in [-0.15, -0.1) is 0 Å². The summed E-state index contributed by atoms with van der Waals surface area (Å²) in [5.41, 5.74) is 0.672. The van der Waals surface area contributed by atoms with Crippen LogP contribution >= 0.6 is 23.2 Å². The van der Waals surface area contributed by atoms with Gasteiger partial charge in [-0.2, -0.15) is 0 Å². The van der Waals surface area contributed by atoms with E-state index in [9.17, 15) is 9.59 Å². The third-order valence-corrected chi connectivity index (χ3v) is 4.00. The number of ether oxygens (including phenoxy) is 3. The number of nitrogens with zero attached hydrogens (tertiary/aromatic N) is 1. The van der Waals surface area contributed by atoms with Crippen LogP contribution in [0.2, 0.25) is 10.0 Å². The third-order valence-electron chi connectivity index (χ3n) is 3.33. The molecule has 138 valence electrons. The molecule has 0 aliphatic carbocycles. The Morgan fingerprint density at radius 1 is 1.12 bits per heavy atom. The van der Waals surface area contributed by atoms with Crippen LogP contribution in [0.1, 0.15) is 16.1 Å². The highest BCUT2D eigenvalue weighted by atomic mass is 35.5. The summed E-state index contributed by atoms with van der Waals surface area (Å²) in [7, 11) is 2.91. The van der Waals surface area contributed by atoms with Crippen LogP contribution in [0.25, 0.3) is 0 Å². The zero-order valence-corrected chi connectivity index (χ0v) is 15.8. The van der Waals surface area contributed by atoms with Gasteiger partial charge in [-0.05, 0) is 25.1 Å². The molecule has 0 radical (unpaired) electrons. The quantitative estimate of drug-likeness (QED) is 0.749. The van der Waals surface area contributed by atoms with Crippen molar-refractivity contribution in [3.8, 4) is 11.5 Å². The molecule has 0 bridgehead atoms. The maximum Gasteiger partial charge on any atom is 0.342 e. The van der Waals surface area contributed by atoms with Crippen molar-refractivity contribution in [1.82, 2.24) is 4.98 Å². The lowest BCUT2D eigenvalue weighted by atomic mass is 10.2. The summed E-state index contributed by atoms with van der Waals surface area (Å²) < 4.78 is 15.2. The van der Waals surface area contributed by atoms with Crippen molar-refractivity contribution in [2.75, 3.05) is 26.1 Å². The van der Waals surface area contributed by atoms with Gasteiger partial charge in [0.2, 0.25) is 0 Å². The van der Waals surface area contributed by atoms with E-state index >= 15 is 0 Å². The second-order valence-corrected chi connectivity index (χ2v) is 5.89. The largest absolute Gasteiger partial charge is 0.497 e. The van der Waals surface area contributed by atoms with Gasteiger partial charge in [0.05, 0.1) is 30.0 Å². The Morgan fingerprint density at radius 3 is 2.50 bits per heavy atom. The Kier molecular flexibility index (Phi) is 6.65. The number of hydrogen-bond donors (Lipinski definition) is 1. The van der Waals surface area contributed by atoms with E-state index in [4.69, 9.17) is 37.4 Å². The first-order chi connectivity index (χ1) is 12.3. The van der Waals surface area contributed by atoms with Gasteiger partial charge >= 0.3 is 5.97 Å². The number of halogens is 2. The minimum Gasteiger partial charge on any atom is -0.497 e. The molecular weight excluding hydrogens is 383 g/mol. The van der Waals surface area contributed by atoms with E-state index in [2.05, 4.69) is 10.3 Å². The summed E-state index contributed by atoms with van der Waals surface area (Å²) in [4.78, 5) is 28.2. The number of carbonyl (C=O) groups excluding carboxylic acids is 2. The molecule has 0 fully saturated rings. The van der Waals surface area contributed by atoms with Crippen LogP contribution < -0.4 is 14.8 Å². The van der Waals surface area contributed by atoms with Crippen molar-refractivity contribution in [3.63, 3.8) is 0 Å². The first kappa shape index (κ1) is 19.8. The van der Waals surface area contributed by atoms with E-state index in [1.807, 2.05) is 0 Å². The van der Waals surface area contributed by atoms with Gasteiger partial charge in [0.25, 0.3) is 5.91 Å². The molecule has 0 saturated heterocycles. The van der Waals surface area contributed by atoms with Gasteiger partial charge < -0.3 is 19.5 Å². The molecule has 2 rings (SSSR count). The number of amides is 1. The molecule has 0 saturated carbocycles. The highest BCUT2D eigenvalue weighted by Gasteiger charge is 2.17. The lowest BCUT2D eigenvalue weighted by molar-refractivity contribution is -0.119. The number of aryl methyl sites for hydroxylation is 1. The predicted molar refractivity (Wildman–Crippen MR) is 97.5 cm³/mol. The molecule has 2 aromatic rings. The van der Waals surface area contributed by atoms with Gasteiger partial charge in [0, 0.05) is 6.07 Å². The highest BCUT2D eigenvalue weighted by molar-refractivity contribution is 6.36. The summed E-state index contributed by atoms with van der Waals surface area (Å²) in [5.74, 6) is -0.382. The second-order valence-electron chi connectivity index (χ2n) is 5.08. The second kappa shape index (κ2) is 8.73. The number of methoxy groups -OCH3 is 2. The predicted octanol–water partition coefficient (Wildman–Crippen LogP) is 3.51. The smallest absolute Gasteiger partial charge is 0.342 e. The van der Waals surface area contributed by atoms with E-state index in [1.54, 1.807) is 13.0 Å². The molecule has 0 atom stereocenters. The van der Waals surface area contributed by atoms with Gasteiger partial charge in [-0.3, -0.25) is 4.79 Å². The van der Waals surface area contributed by atoms with E-state index in [-0.39, 0.29) is 22.2 Å². The molecular formula is C17H16Cl2N2O5. The molecule has 0 spiro atoms. The molecule has 7 nitrogen and oxygen atoms in total. The lowest BCUT2D eigenvalue weighted by Gasteiger charge is -2.11. The van der Waals surface area contributed by atoms with E-state index in [1.165, 1.54) is 32.4 Å². The van der Waals surface area contributed by atoms with Crippen molar-refractivity contribution < 1.29 is 23.8 Å². The van der Waals surface area contributed by atoms with Gasteiger partial charge in [-0.1, -0.05) is 23.2 Å². The maximum atomic E-state index is 12.2. The number of aromatic nitrogens is 1. The Balaban J connectivity index is 2.01. The van der Waals surface area contributed by atoms with Crippen LogP contribution in [0.5, 0.6) is 11.5 Å². The minimum absolute atomic E-state index is 0.136. The van der Waals surface area contributed by atoms with Gasteiger partial charge in [0.15, 0.2) is 12.4 Å². The van der Waals surface area contributed by atoms with Crippen LogP contribution in [0.4, 0.5) is 5.82 Å². The molecule has 0 aliphatic rings. The lowest BCUT2D eigenvalue weighted by Crippen LogP contribution is -2.22. The molecule has 1 N–H and O–H groups in total. The Morgan fingerprint density at radius 2 is 1.85 bits per heavy atom. The van der Waals surface area contributed by atoms with E-state index in [0.29, 0.717) is 16.5 Å². The molecule has 0 aliphatic heterocycles. The average molecular weight is 399 g/mol. The van der Waals surface area contributed by atoms with Crippen LogP contribution in [-0.4, -0.2) is 37.7 Å². The number of anilines is 1. The fraction of sp³-hybridized carbons (Fsp3) is 0.235. The van der Waals surface area contributed by atoms with Crippen LogP contribution in [0.15, 0.2) is 24.3 Å². The Hall–Kier alpha value is -2.51. The van der Waals surface area contributed by atoms with Crippen LogP contribution in [0.3, 0.4) is 0 Å². The van der Waals surface area contributed by atoms with Crippen LogP contribution in [0, 0.1) is 6.92 Å². The van der Waals surface area contributed by atoms with Crippen molar-refractivity contribution in [3.05, 3.63) is 45.6 Å². The Labute approximate surface area is 160 Å². The molecule has 0 unspecified atom stereocenters. The third kappa shape index (κ3) is 4.77. The normalized spacial score (nSPS) is 10.2. The van der Waals surface area contributed by atoms with Gasteiger partial charge in [0.1, 0.15) is 17.1 Å². The number of carbonyl (C=O) groups is 2. The summed E-state index contributed by atoms with van der Waals surface area (Å²) in [6.45, 7) is 1.15. The first-order valence-electron chi connectivity index (χ1n) is 7.37. The summed E-state index contributed by atoms with van der Waals surface area (Å²) in [6, 6.07) is 6.07. The topological polar surface area (TPSA) is 86.8 Å². The zero-order chi connectivity index (χ0) is 19.3. The van der Waals surface area contributed by atoms with Crippen molar-refractivity contribution in [1.29, 1.82) is 0 Å². The summed E-state index contributed by atoms with van der Waals surface area (Å²) in [6.07, 6.45) is 0. The Bertz CT molecular complexity index is 842. The van der Waals surface area contributed by atoms with Gasteiger partial charge in [-0.25, -0.2) is 9.78 Å². The molecule has 26 heavy (non-hydrogen) atoms. The van der Waals surface area contributed by atoms with Crippen molar-refractivity contribution in [2.24, 2.45) is 0 Å². The average Bonchev–Trinajstić information content (AvgIpc) is 2.63. The van der Waals surface area contributed by atoms with E-state index < -0.39 is 18.5 Å². The number of benzene rings is 1. The molecule has 9 heteroatoms. The number of hydrogen-bond acceptors (Lipinski definition) is 6.